The minimum absolute atomic E-state index is 0.0642. The summed E-state index contributed by atoms with van der Waals surface area (Å²) in [6.07, 6.45) is 3.85. The number of anilines is 3. The van der Waals surface area contributed by atoms with E-state index in [9.17, 15) is 0 Å². The first-order valence-corrected chi connectivity index (χ1v) is 9.63. The molecule has 28 heavy (non-hydrogen) atoms. The number of nitrogens with two attached hydrogens (primary N) is 1. The van der Waals surface area contributed by atoms with Crippen LogP contribution in [0.5, 0.6) is 11.5 Å². The number of fused-ring (bicyclic) bond motifs is 1. The van der Waals surface area contributed by atoms with Crippen molar-refractivity contribution in [2.75, 3.05) is 22.9 Å². The Labute approximate surface area is 169 Å². The molecule has 0 fully saturated rings. The van der Waals surface area contributed by atoms with Gasteiger partial charge in [-0.25, -0.2) is 9.97 Å². The maximum absolute atomic E-state index is 6.22. The van der Waals surface area contributed by atoms with E-state index in [0.717, 1.165) is 42.3 Å². The van der Waals surface area contributed by atoms with Crippen molar-refractivity contribution in [2.24, 2.45) is 0 Å². The molecule has 4 N–H and O–H groups in total. The van der Waals surface area contributed by atoms with Gasteiger partial charge in [0, 0.05) is 29.4 Å². The van der Waals surface area contributed by atoms with Crippen LogP contribution in [-0.2, 0) is 0 Å². The van der Waals surface area contributed by atoms with E-state index < -0.39 is 0 Å². The van der Waals surface area contributed by atoms with Crippen molar-refractivity contribution in [2.45, 2.75) is 25.8 Å². The van der Waals surface area contributed by atoms with Gasteiger partial charge in [-0.3, -0.25) is 0 Å². The molecule has 1 atom stereocenters. The van der Waals surface area contributed by atoms with Gasteiger partial charge in [-0.05, 0) is 50.1 Å². The lowest BCUT2D eigenvalue weighted by molar-refractivity contribution is 0.483. The number of benzene rings is 2. The third-order valence-electron chi connectivity index (χ3n) is 4.66. The smallest absolute Gasteiger partial charge is 0.134 e. The highest BCUT2D eigenvalue weighted by molar-refractivity contribution is 6.30. The molecule has 1 aliphatic rings. The lowest BCUT2D eigenvalue weighted by Crippen LogP contribution is -2.13. The molecule has 0 spiro atoms. The summed E-state index contributed by atoms with van der Waals surface area (Å²) in [5, 5.41) is 7.57. The Kier molecular flexibility index (Phi) is 5.21. The molecular formula is C21H22ClN5O. The van der Waals surface area contributed by atoms with E-state index in [-0.39, 0.29) is 6.04 Å². The van der Waals surface area contributed by atoms with Crippen molar-refractivity contribution in [3.05, 3.63) is 65.1 Å². The van der Waals surface area contributed by atoms with Gasteiger partial charge in [0.25, 0.3) is 0 Å². The second-order valence-electron chi connectivity index (χ2n) is 6.80. The van der Waals surface area contributed by atoms with E-state index in [4.69, 9.17) is 22.1 Å². The SMILES string of the molecule is Cc1ncc2c(n1)NCCCC2Nc1cc(Oc2cccc(Cl)c2)ccc1N. The third kappa shape index (κ3) is 4.12. The summed E-state index contributed by atoms with van der Waals surface area (Å²) < 4.78 is 5.94. The fraction of sp³-hybridized carbons (Fsp3) is 0.238. The number of hydrogen-bond acceptors (Lipinski definition) is 6. The van der Waals surface area contributed by atoms with E-state index >= 15 is 0 Å². The molecule has 1 unspecified atom stereocenters. The second kappa shape index (κ2) is 7.94. The quantitative estimate of drug-likeness (QED) is 0.528. The molecule has 0 aliphatic carbocycles. The average molecular weight is 396 g/mol. The van der Waals surface area contributed by atoms with Gasteiger partial charge in [0.05, 0.1) is 17.4 Å². The van der Waals surface area contributed by atoms with Gasteiger partial charge in [-0.2, -0.15) is 0 Å². The lowest BCUT2D eigenvalue weighted by atomic mass is 10.0. The van der Waals surface area contributed by atoms with Gasteiger partial charge in [0.1, 0.15) is 23.1 Å². The Hall–Kier alpha value is -2.99. The highest BCUT2D eigenvalue weighted by atomic mass is 35.5. The minimum atomic E-state index is 0.0642. The van der Waals surface area contributed by atoms with Crippen molar-refractivity contribution in [3.63, 3.8) is 0 Å². The van der Waals surface area contributed by atoms with Crippen molar-refractivity contribution in [3.8, 4) is 11.5 Å². The molecule has 1 aromatic heterocycles. The first-order valence-electron chi connectivity index (χ1n) is 9.25. The molecule has 4 rings (SSSR count). The highest BCUT2D eigenvalue weighted by Crippen LogP contribution is 2.35. The van der Waals surface area contributed by atoms with Crippen LogP contribution in [-0.4, -0.2) is 16.5 Å². The molecule has 0 radical (unpaired) electrons. The fourth-order valence-electron chi connectivity index (χ4n) is 3.27. The largest absolute Gasteiger partial charge is 0.457 e. The molecule has 2 aromatic carbocycles. The number of rotatable bonds is 4. The summed E-state index contributed by atoms with van der Waals surface area (Å²) in [7, 11) is 0. The average Bonchev–Trinajstić information content (AvgIpc) is 2.86. The van der Waals surface area contributed by atoms with Gasteiger partial charge in [0.2, 0.25) is 0 Å². The number of nitrogens with one attached hydrogen (secondary N) is 2. The Morgan fingerprint density at radius 2 is 2.07 bits per heavy atom. The minimum Gasteiger partial charge on any atom is -0.457 e. The molecule has 7 heteroatoms. The molecule has 0 saturated carbocycles. The van der Waals surface area contributed by atoms with Crippen LogP contribution >= 0.6 is 11.6 Å². The summed E-state index contributed by atoms with van der Waals surface area (Å²) in [6.45, 7) is 2.78. The predicted molar refractivity (Wildman–Crippen MR) is 113 cm³/mol. The number of halogens is 1. The van der Waals surface area contributed by atoms with E-state index in [1.807, 2.05) is 49.5 Å². The summed E-state index contributed by atoms with van der Waals surface area (Å²) in [4.78, 5) is 8.91. The maximum Gasteiger partial charge on any atom is 0.134 e. The lowest BCUT2D eigenvalue weighted by Gasteiger charge is -2.21. The fourth-order valence-corrected chi connectivity index (χ4v) is 3.45. The maximum atomic E-state index is 6.22. The van der Waals surface area contributed by atoms with Gasteiger partial charge >= 0.3 is 0 Å². The van der Waals surface area contributed by atoms with Crippen LogP contribution in [0.4, 0.5) is 17.2 Å². The number of aryl methyl sites for hydroxylation is 1. The first-order chi connectivity index (χ1) is 13.6. The molecule has 3 aromatic rings. The standard InChI is InChI=1S/C21H22ClN5O/c1-13-25-12-17-19(6-3-9-24-21(17)26-13)27-20-11-16(7-8-18(20)23)28-15-5-2-4-14(22)10-15/h2,4-5,7-8,10-12,19,27H,3,6,9,23H2,1H3,(H,24,25,26). The van der Waals surface area contributed by atoms with E-state index in [0.29, 0.717) is 22.2 Å². The molecule has 6 nitrogen and oxygen atoms in total. The Balaban J connectivity index is 1.59. The third-order valence-corrected chi connectivity index (χ3v) is 4.90. The van der Waals surface area contributed by atoms with Crippen molar-refractivity contribution in [1.29, 1.82) is 0 Å². The number of ether oxygens (including phenoxy) is 1. The van der Waals surface area contributed by atoms with Crippen LogP contribution in [0.2, 0.25) is 5.02 Å². The molecule has 0 bridgehead atoms. The number of aromatic nitrogens is 2. The zero-order valence-corrected chi connectivity index (χ0v) is 16.3. The Morgan fingerprint density at radius 3 is 2.93 bits per heavy atom. The van der Waals surface area contributed by atoms with Crippen molar-refractivity contribution >= 4 is 28.8 Å². The topological polar surface area (TPSA) is 85.1 Å². The zero-order valence-electron chi connectivity index (χ0n) is 15.6. The molecule has 144 valence electrons. The van der Waals surface area contributed by atoms with Crippen LogP contribution < -0.4 is 21.1 Å². The van der Waals surface area contributed by atoms with E-state index in [1.54, 1.807) is 6.07 Å². The van der Waals surface area contributed by atoms with Gasteiger partial charge in [-0.1, -0.05) is 17.7 Å². The summed E-state index contributed by atoms with van der Waals surface area (Å²) in [5.74, 6) is 3.00. The first kappa shape index (κ1) is 18.4. The van der Waals surface area contributed by atoms with Crippen LogP contribution in [0.1, 0.15) is 30.3 Å². The van der Waals surface area contributed by atoms with Crippen molar-refractivity contribution in [1.82, 2.24) is 9.97 Å². The van der Waals surface area contributed by atoms with Crippen molar-refractivity contribution < 1.29 is 4.74 Å². The van der Waals surface area contributed by atoms with Gasteiger partial charge in [0.15, 0.2) is 0 Å². The van der Waals surface area contributed by atoms with E-state index in [2.05, 4.69) is 20.6 Å². The molecule has 0 amide bonds. The zero-order chi connectivity index (χ0) is 19.5. The van der Waals surface area contributed by atoms with Crippen LogP contribution in [0.25, 0.3) is 0 Å². The van der Waals surface area contributed by atoms with Crippen LogP contribution in [0.15, 0.2) is 48.7 Å². The highest BCUT2D eigenvalue weighted by Gasteiger charge is 2.21. The number of nitrogen functional groups attached to an aromatic ring is 1. The number of hydrogen-bond donors (Lipinski definition) is 3. The summed E-state index contributed by atoms with van der Waals surface area (Å²) >= 11 is 6.04. The molecule has 0 saturated heterocycles. The number of nitrogens with zero attached hydrogens (tertiary/aromatic N) is 2. The molecule has 2 heterocycles. The summed E-state index contributed by atoms with van der Waals surface area (Å²) in [6, 6.07) is 13.0. The normalized spacial score (nSPS) is 15.9. The molecule has 1 aliphatic heterocycles. The monoisotopic (exact) mass is 395 g/mol. The Bertz CT molecular complexity index is 994. The van der Waals surface area contributed by atoms with Crippen LogP contribution in [0, 0.1) is 6.92 Å². The van der Waals surface area contributed by atoms with E-state index in [1.165, 1.54) is 0 Å². The Morgan fingerprint density at radius 1 is 1.21 bits per heavy atom. The molecular weight excluding hydrogens is 374 g/mol. The second-order valence-corrected chi connectivity index (χ2v) is 7.23. The van der Waals surface area contributed by atoms with Gasteiger partial charge < -0.3 is 21.1 Å². The predicted octanol–water partition coefficient (Wildman–Crippen LogP) is 5.17. The van der Waals surface area contributed by atoms with Crippen LogP contribution in [0.3, 0.4) is 0 Å². The summed E-state index contributed by atoms with van der Waals surface area (Å²) in [5.41, 5.74) is 8.74. The van der Waals surface area contributed by atoms with Gasteiger partial charge in [-0.15, -0.1) is 0 Å².